The van der Waals surface area contributed by atoms with Crippen LogP contribution in [0.3, 0.4) is 0 Å². The number of rotatable bonds is 8. The maximum atomic E-state index is 5.01. The molecule has 0 saturated carbocycles. The summed E-state index contributed by atoms with van der Waals surface area (Å²) in [7, 11) is 0. The van der Waals surface area contributed by atoms with Crippen molar-refractivity contribution >= 4 is 21.8 Å². The molecule has 0 aliphatic rings. The highest BCUT2D eigenvalue weighted by molar-refractivity contribution is 6.10. The smallest absolute Gasteiger partial charge is 0.182 e. The zero-order chi connectivity index (χ0) is 40.7. The molecule has 11 rings (SSSR count). The van der Waals surface area contributed by atoms with Gasteiger partial charge in [0.15, 0.2) is 11.6 Å². The van der Waals surface area contributed by atoms with Crippen molar-refractivity contribution in [2.24, 2.45) is 0 Å². The summed E-state index contributed by atoms with van der Waals surface area (Å²) in [5.74, 6) is 1.50. The van der Waals surface area contributed by atoms with Gasteiger partial charge in [-0.1, -0.05) is 188 Å². The van der Waals surface area contributed by atoms with Crippen LogP contribution in [0.5, 0.6) is 0 Å². The highest BCUT2D eigenvalue weighted by Crippen LogP contribution is 2.40. The van der Waals surface area contributed by atoms with Crippen molar-refractivity contribution in [2.75, 3.05) is 0 Å². The van der Waals surface area contributed by atoms with Gasteiger partial charge in [0.05, 0.1) is 16.7 Å². The van der Waals surface area contributed by atoms with Crippen molar-refractivity contribution in [2.45, 2.75) is 6.92 Å². The van der Waals surface area contributed by atoms with E-state index < -0.39 is 0 Å². The largest absolute Gasteiger partial charge is 0.309 e. The molecular weight excluding hydrogens is 741 g/mol. The maximum absolute atomic E-state index is 5.01. The molecule has 0 aliphatic heterocycles. The molecule has 0 aliphatic carbocycles. The van der Waals surface area contributed by atoms with Gasteiger partial charge in [-0.05, 0) is 93.9 Å². The molecule has 2 aromatic heterocycles. The lowest BCUT2D eigenvalue weighted by atomic mass is 9.89. The lowest BCUT2D eigenvalue weighted by Crippen LogP contribution is -1.99. The summed E-state index contributed by atoms with van der Waals surface area (Å²) in [6.45, 7) is 2.13. The predicted octanol–water partition coefficient (Wildman–Crippen LogP) is 14.7. The van der Waals surface area contributed by atoms with Gasteiger partial charge in [0.2, 0.25) is 0 Å². The number of benzene rings is 9. The van der Waals surface area contributed by atoms with Crippen LogP contribution in [0.25, 0.3) is 100 Å². The molecule has 0 atom stereocenters. The summed E-state index contributed by atoms with van der Waals surface area (Å²) in [6, 6.07) is 80.0. The van der Waals surface area contributed by atoms with Gasteiger partial charge in [0.25, 0.3) is 0 Å². The minimum absolute atomic E-state index is 0.695. The summed E-state index contributed by atoms with van der Waals surface area (Å²) in [5, 5.41) is 7.52. The van der Waals surface area contributed by atoms with E-state index in [1.54, 1.807) is 0 Å². The van der Waals surface area contributed by atoms with E-state index in [1.807, 2.05) is 53.2 Å². The van der Waals surface area contributed by atoms with Crippen LogP contribution in [0.2, 0.25) is 0 Å². The highest BCUT2D eigenvalue weighted by Gasteiger charge is 2.18. The molecule has 4 heteroatoms. The number of hydrogen-bond acceptors (Lipinski definition) is 2. The van der Waals surface area contributed by atoms with E-state index in [0.29, 0.717) is 5.82 Å². The molecule has 0 unspecified atom stereocenters. The molecule has 0 N–H and O–H groups in total. The minimum Gasteiger partial charge on any atom is -0.309 e. The van der Waals surface area contributed by atoms with E-state index in [-0.39, 0.29) is 0 Å². The first kappa shape index (κ1) is 36.0. The molecule has 0 saturated heterocycles. The van der Waals surface area contributed by atoms with Gasteiger partial charge in [-0.25, -0.2) is 9.67 Å². The Morgan fingerprint density at radius 1 is 0.344 bits per heavy atom. The van der Waals surface area contributed by atoms with Crippen LogP contribution in [0.1, 0.15) is 5.56 Å². The fraction of sp³-hybridized carbons (Fsp3) is 0.0175. The van der Waals surface area contributed by atoms with Gasteiger partial charge in [-0.3, -0.25) is 0 Å². The Morgan fingerprint density at radius 3 is 1.48 bits per heavy atom. The molecule has 0 amide bonds. The van der Waals surface area contributed by atoms with Gasteiger partial charge in [-0.2, -0.15) is 0 Å². The summed E-state index contributed by atoms with van der Waals surface area (Å²) in [5.41, 5.74) is 17.2. The van der Waals surface area contributed by atoms with Gasteiger partial charge in [0, 0.05) is 27.6 Å². The zero-order valence-electron chi connectivity index (χ0n) is 33.7. The number of nitrogens with zero attached hydrogens (tertiary/aromatic N) is 4. The molecule has 11 aromatic rings. The third kappa shape index (κ3) is 6.61. The Kier molecular flexibility index (Phi) is 9.02. The zero-order valence-corrected chi connectivity index (χ0v) is 33.7. The van der Waals surface area contributed by atoms with Crippen LogP contribution in [0.4, 0.5) is 0 Å². The summed E-state index contributed by atoms with van der Waals surface area (Å²) in [6.07, 6.45) is 0. The van der Waals surface area contributed by atoms with Gasteiger partial charge in [0.1, 0.15) is 0 Å². The molecule has 61 heavy (non-hydrogen) atoms. The van der Waals surface area contributed by atoms with Crippen molar-refractivity contribution < 1.29 is 0 Å². The molecule has 2 heterocycles. The van der Waals surface area contributed by atoms with E-state index >= 15 is 0 Å². The molecule has 0 spiro atoms. The number of aryl methyl sites for hydroxylation is 1. The van der Waals surface area contributed by atoms with Crippen molar-refractivity contribution in [1.82, 2.24) is 19.3 Å². The van der Waals surface area contributed by atoms with E-state index in [4.69, 9.17) is 10.1 Å². The van der Waals surface area contributed by atoms with Crippen LogP contribution in [0.15, 0.2) is 224 Å². The average molecular weight is 781 g/mol. The fourth-order valence-corrected chi connectivity index (χ4v) is 8.66. The average Bonchev–Trinajstić information content (AvgIpc) is 3.93. The Bertz CT molecular complexity index is 3320. The topological polar surface area (TPSA) is 35.6 Å². The predicted molar refractivity (Wildman–Crippen MR) is 253 cm³/mol. The molecule has 288 valence electrons. The molecule has 4 nitrogen and oxygen atoms in total. The van der Waals surface area contributed by atoms with E-state index in [2.05, 4.69) is 187 Å². The summed E-state index contributed by atoms with van der Waals surface area (Å²) < 4.78 is 4.34. The number of para-hydroxylation sites is 1. The summed E-state index contributed by atoms with van der Waals surface area (Å²) >= 11 is 0. The second kappa shape index (κ2) is 15.3. The van der Waals surface area contributed by atoms with Crippen molar-refractivity contribution in [3.63, 3.8) is 0 Å². The third-order valence-electron chi connectivity index (χ3n) is 11.7. The van der Waals surface area contributed by atoms with Gasteiger partial charge in [-0.15, -0.1) is 5.10 Å². The first-order valence-corrected chi connectivity index (χ1v) is 20.7. The first-order valence-electron chi connectivity index (χ1n) is 20.7. The van der Waals surface area contributed by atoms with E-state index in [0.717, 1.165) is 33.9 Å². The van der Waals surface area contributed by atoms with Crippen molar-refractivity contribution in [1.29, 1.82) is 0 Å². The minimum atomic E-state index is 0.695. The Morgan fingerprint density at radius 2 is 0.836 bits per heavy atom. The highest BCUT2D eigenvalue weighted by atomic mass is 15.4. The second-order valence-corrected chi connectivity index (χ2v) is 15.5. The van der Waals surface area contributed by atoms with Gasteiger partial charge < -0.3 is 4.57 Å². The first-order chi connectivity index (χ1) is 30.2. The van der Waals surface area contributed by atoms with Crippen LogP contribution in [0, 0.1) is 6.92 Å². The maximum Gasteiger partial charge on any atom is 0.182 e. The van der Waals surface area contributed by atoms with E-state index in [9.17, 15) is 0 Å². The fourth-order valence-electron chi connectivity index (χ4n) is 8.66. The van der Waals surface area contributed by atoms with Crippen LogP contribution in [-0.4, -0.2) is 19.3 Å². The molecule has 0 radical (unpaired) electrons. The Labute approximate surface area is 355 Å². The molecule has 9 aromatic carbocycles. The van der Waals surface area contributed by atoms with Crippen molar-refractivity contribution in [3.8, 4) is 78.7 Å². The Balaban J connectivity index is 0.941. The number of fused-ring (bicyclic) bond motifs is 3. The molecule has 0 bridgehead atoms. The van der Waals surface area contributed by atoms with E-state index in [1.165, 1.54) is 66.3 Å². The molecule has 0 fully saturated rings. The molecular formula is C57H40N4. The lowest BCUT2D eigenvalue weighted by Gasteiger charge is -2.16. The summed E-state index contributed by atoms with van der Waals surface area (Å²) in [4.78, 5) is 5.01. The number of hydrogen-bond donors (Lipinski definition) is 0. The monoisotopic (exact) mass is 780 g/mol. The SMILES string of the molecule is Cc1ccc(-c2ccc3c(c2)c2ccccc2n3-c2ccc(-c3ccccc3-c3ccccc3-c3ccc(-n4nc(-c5ccccc5)nc4-c4ccccc4)cc3)cc2)cc1. The second-order valence-electron chi connectivity index (χ2n) is 15.5. The quantitative estimate of drug-likeness (QED) is 0.154. The standard InChI is InChI=1S/C57H40N4/c1-39-24-26-40(27-25-39)45-32-37-55-53(38-45)52-22-12-13-23-54(52)60(55)46-33-28-41(29-34-46)48-18-8-10-20-50(48)51-21-11-9-19-49(51)42-30-35-47(36-31-42)61-57(44-16-6-3-7-17-44)58-56(59-61)43-14-4-2-5-15-43/h2-38H,1H3. The lowest BCUT2D eigenvalue weighted by molar-refractivity contribution is 0.891. The van der Waals surface area contributed by atoms with Crippen LogP contribution < -0.4 is 0 Å². The van der Waals surface area contributed by atoms with Crippen molar-refractivity contribution in [3.05, 3.63) is 230 Å². The third-order valence-corrected chi connectivity index (χ3v) is 11.7. The number of aromatic nitrogens is 4. The Hall–Kier alpha value is -8.08. The van der Waals surface area contributed by atoms with Crippen LogP contribution in [-0.2, 0) is 0 Å². The normalized spacial score (nSPS) is 11.4. The van der Waals surface area contributed by atoms with Crippen LogP contribution >= 0.6 is 0 Å². The van der Waals surface area contributed by atoms with Gasteiger partial charge >= 0.3 is 0 Å².